The Balaban J connectivity index is 2.03. The molecule has 1 heterocycles. The van der Waals surface area contributed by atoms with E-state index in [4.69, 9.17) is 4.43 Å². The molecular formula is C24H43NO2SSi. The Hall–Kier alpha value is -0.493. The molecule has 0 amide bonds. The van der Waals surface area contributed by atoms with Gasteiger partial charge in [0.05, 0.1) is 16.8 Å². The van der Waals surface area contributed by atoms with E-state index in [1.807, 2.05) is 0 Å². The standard InChI is InChI=1S/C24H43NO2SSi/c1-17(15-26)10-9-11-20-13-21(20)14-23(27-29(7,8)24(4,5)6)18(2)12-22-16-28-19(3)25-22/h12,16-17,20-21,23,26H,9-11,13-15H2,1-8H3/b18-12+/t17-,20-,21-,23?/m0/s1. The third-order valence-corrected chi connectivity index (χ3v) is 12.2. The predicted molar refractivity (Wildman–Crippen MR) is 129 cm³/mol. The topological polar surface area (TPSA) is 42.4 Å². The van der Waals surface area contributed by atoms with Crippen LogP contribution in [0.3, 0.4) is 0 Å². The average Bonchev–Trinajstić information content (AvgIpc) is 3.22. The molecule has 1 aromatic heterocycles. The van der Waals surface area contributed by atoms with Gasteiger partial charge in [-0.25, -0.2) is 4.98 Å². The van der Waals surface area contributed by atoms with Gasteiger partial charge in [-0.15, -0.1) is 11.3 Å². The van der Waals surface area contributed by atoms with Crippen molar-refractivity contribution in [2.24, 2.45) is 17.8 Å². The molecule has 2 rings (SSSR count). The first-order valence-electron chi connectivity index (χ1n) is 11.3. The SMILES string of the molecule is C/C(=C\c1csc(C)n1)C(C[C@@H]1C[C@@H]1CCC[C@H](C)CO)O[Si](C)(C)C(C)(C)C. The van der Waals surface area contributed by atoms with Crippen LogP contribution in [0.2, 0.25) is 18.1 Å². The highest BCUT2D eigenvalue weighted by atomic mass is 32.1. The lowest BCUT2D eigenvalue weighted by molar-refractivity contribution is 0.195. The Morgan fingerprint density at radius 1 is 1.38 bits per heavy atom. The fourth-order valence-corrected chi connectivity index (χ4v) is 5.60. The number of aliphatic hydroxyl groups excluding tert-OH is 1. The first kappa shape index (κ1) is 24.8. The van der Waals surface area contributed by atoms with E-state index in [1.165, 1.54) is 24.8 Å². The van der Waals surface area contributed by atoms with Crippen molar-refractivity contribution in [1.82, 2.24) is 4.98 Å². The smallest absolute Gasteiger partial charge is 0.192 e. The Bertz CT molecular complexity index is 677. The van der Waals surface area contributed by atoms with Gasteiger partial charge >= 0.3 is 0 Å². The monoisotopic (exact) mass is 437 g/mol. The summed E-state index contributed by atoms with van der Waals surface area (Å²) in [4.78, 5) is 4.63. The quantitative estimate of drug-likeness (QED) is 0.376. The summed E-state index contributed by atoms with van der Waals surface area (Å²) in [5.74, 6) is 2.07. The van der Waals surface area contributed by atoms with Gasteiger partial charge in [0, 0.05) is 12.0 Å². The summed E-state index contributed by atoms with van der Waals surface area (Å²) >= 11 is 1.71. The molecule has 1 aliphatic rings. The van der Waals surface area contributed by atoms with Gasteiger partial charge in [0.2, 0.25) is 0 Å². The van der Waals surface area contributed by atoms with Crippen LogP contribution in [0.1, 0.15) is 77.4 Å². The molecule has 166 valence electrons. The second-order valence-electron chi connectivity index (χ2n) is 10.8. The van der Waals surface area contributed by atoms with E-state index >= 15 is 0 Å². The molecule has 1 fully saturated rings. The van der Waals surface area contributed by atoms with E-state index in [9.17, 15) is 5.11 Å². The number of thiazole rings is 1. The van der Waals surface area contributed by atoms with Gasteiger partial charge in [0.15, 0.2) is 8.32 Å². The molecule has 1 aromatic rings. The summed E-state index contributed by atoms with van der Waals surface area (Å²) in [6, 6.07) is 0. The molecule has 0 aliphatic heterocycles. The van der Waals surface area contributed by atoms with Crippen molar-refractivity contribution >= 4 is 25.7 Å². The molecule has 0 saturated heterocycles. The van der Waals surface area contributed by atoms with Crippen molar-refractivity contribution in [2.75, 3.05) is 6.61 Å². The molecule has 1 N–H and O–H groups in total. The summed E-state index contributed by atoms with van der Waals surface area (Å²) in [5, 5.41) is 12.7. The van der Waals surface area contributed by atoms with Crippen molar-refractivity contribution in [3.63, 3.8) is 0 Å². The van der Waals surface area contributed by atoms with Gasteiger partial charge < -0.3 is 9.53 Å². The number of nitrogens with zero attached hydrogens (tertiary/aromatic N) is 1. The summed E-state index contributed by atoms with van der Waals surface area (Å²) in [6.45, 7) is 18.4. The number of rotatable bonds is 11. The molecular weight excluding hydrogens is 394 g/mol. The van der Waals surface area contributed by atoms with E-state index in [0.717, 1.165) is 35.4 Å². The zero-order valence-electron chi connectivity index (χ0n) is 19.9. The van der Waals surface area contributed by atoms with Crippen LogP contribution < -0.4 is 0 Å². The molecule has 3 nitrogen and oxygen atoms in total. The fourth-order valence-electron chi connectivity index (χ4n) is 3.68. The fraction of sp³-hybridized carbons (Fsp3) is 0.792. The van der Waals surface area contributed by atoms with Gasteiger partial charge in [-0.1, -0.05) is 40.5 Å². The number of aromatic nitrogens is 1. The largest absolute Gasteiger partial charge is 0.410 e. The van der Waals surface area contributed by atoms with Crippen molar-refractivity contribution in [3.05, 3.63) is 21.7 Å². The molecule has 0 bridgehead atoms. The van der Waals surface area contributed by atoms with Crippen molar-refractivity contribution in [2.45, 2.75) is 97.9 Å². The van der Waals surface area contributed by atoms with Gasteiger partial charge in [-0.2, -0.15) is 0 Å². The normalized spacial score (nSPS) is 22.6. The van der Waals surface area contributed by atoms with Crippen LogP contribution in [0.5, 0.6) is 0 Å². The van der Waals surface area contributed by atoms with Gasteiger partial charge in [0.25, 0.3) is 0 Å². The number of hydrogen-bond donors (Lipinski definition) is 1. The summed E-state index contributed by atoms with van der Waals surface area (Å²) < 4.78 is 6.92. The maximum atomic E-state index is 9.22. The Kier molecular flexibility index (Phi) is 8.72. The second kappa shape index (κ2) is 10.2. The summed E-state index contributed by atoms with van der Waals surface area (Å²) in [5.41, 5.74) is 2.39. The van der Waals surface area contributed by atoms with E-state index < -0.39 is 8.32 Å². The highest BCUT2D eigenvalue weighted by Crippen LogP contribution is 2.48. The van der Waals surface area contributed by atoms with Crippen LogP contribution in [-0.2, 0) is 4.43 Å². The summed E-state index contributed by atoms with van der Waals surface area (Å²) in [6.07, 6.45) is 8.60. The first-order valence-corrected chi connectivity index (χ1v) is 15.1. The molecule has 0 radical (unpaired) electrons. The highest BCUT2D eigenvalue weighted by Gasteiger charge is 2.43. The minimum absolute atomic E-state index is 0.198. The molecule has 29 heavy (non-hydrogen) atoms. The maximum absolute atomic E-state index is 9.22. The highest BCUT2D eigenvalue weighted by molar-refractivity contribution is 7.09. The van der Waals surface area contributed by atoms with Crippen LogP contribution in [0.4, 0.5) is 0 Å². The first-order chi connectivity index (χ1) is 13.4. The lowest BCUT2D eigenvalue weighted by Crippen LogP contribution is -2.44. The Morgan fingerprint density at radius 2 is 2.07 bits per heavy atom. The van der Waals surface area contributed by atoms with E-state index in [0.29, 0.717) is 12.5 Å². The molecule has 5 heteroatoms. The van der Waals surface area contributed by atoms with Crippen LogP contribution in [0.25, 0.3) is 6.08 Å². The van der Waals surface area contributed by atoms with Gasteiger partial charge in [-0.3, -0.25) is 0 Å². The van der Waals surface area contributed by atoms with Crippen molar-refractivity contribution in [3.8, 4) is 0 Å². The zero-order chi connectivity index (χ0) is 21.8. The molecule has 0 aromatic carbocycles. The Morgan fingerprint density at radius 3 is 2.62 bits per heavy atom. The van der Waals surface area contributed by atoms with E-state index in [1.54, 1.807) is 11.3 Å². The van der Waals surface area contributed by atoms with Crippen molar-refractivity contribution in [1.29, 1.82) is 0 Å². The van der Waals surface area contributed by atoms with Crippen molar-refractivity contribution < 1.29 is 9.53 Å². The number of hydrogen-bond acceptors (Lipinski definition) is 4. The predicted octanol–water partition coefficient (Wildman–Crippen LogP) is 7.07. The van der Waals surface area contributed by atoms with Crippen LogP contribution in [0.15, 0.2) is 11.0 Å². The third kappa shape index (κ3) is 7.61. The molecule has 0 spiro atoms. The molecule has 1 aliphatic carbocycles. The second-order valence-corrected chi connectivity index (χ2v) is 16.6. The number of aryl methyl sites for hydroxylation is 1. The number of aliphatic hydroxyl groups is 1. The van der Waals surface area contributed by atoms with Gasteiger partial charge in [-0.05, 0) is 80.6 Å². The van der Waals surface area contributed by atoms with Crippen LogP contribution in [0, 0.1) is 24.7 Å². The molecule has 1 saturated carbocycles. The lowest BCUT2D eigenvalue weighted by atomic mass is 10.0. The maximum Gasteiger partial charge on any atom is 0.192 e. The minimum Gasteiger partial charge on any atom is -0.410 e. The van der Waals surface area contributed by atoms with Crippen LogP contribution in [-0.4, -0.2) is 31.1 Å². The van der Waals surface area contributed by atoms with Crippen LogP contribution >= 0.6 is 11.3 Å². The zero-order valence-corrected chi connectivity index (χ0v) is 21.7. The van der Waals surface area contributed by atoms with E-state index in [-0.39, 0.29) is 11.1 Å². The minimum atomic E-state index is -1.84. The average molecular weight is 438 g/mol. The summed E-state index contributed by atoms with van der Waals surface area (Å²) in [7, 11) is -1.84. The Labute approximate surface area is 184 Å². The molecule has 1 unspecified atom stereocenters. The van der Waals surface area contributed by atoms with E-state index in [2.05, 4.69) is 71.1 Å². The third-order valence-electron chi connectivity index (χ3n) is 6.93. The van der Waals surface area contributed by atoms with Gasteiger partial charge in [0.1, 0.15) is 0 Å². The molecule has 4 atom stereocenters. The lowest BCUT2D eigenvalue weighted by Gasteiger charge is -2.39.